The van der Waals surface area contributed by atoms with Crippen LogP contribution in [0.25, 0.3) is 11.3 Å². The lowest BCUT2D eigenvalue weighted by Gasteiger charge is -2.15. The van der Waals surface area contributed by atoms with Gasteiger partial charge in [0.25, 0.3) is 5.91 Å². The highest BCUT2D eigenvalue weighted by Gasteiger charge is 2.18. The van der Waals surface area contributed by atoms with Gasteiger partial charge in [0.15, 0.2) is 5.13 Å². The fourth-order valence-electron chi connectivity index (χ4n) is 2.39. The molecule has 0 saturated carbocycles. The molecule has 24 heavy (non-hydrogen) atoms. The second-order valence-corrected chi connectivity index (χ2v) is 6.26. The van der Waals surface area contributed by atoms with E-state index in [4.69, 9.17) is 4.74 Å². The molecule has 0 bridgehead atoms. The van der Waals surface area contributed by atoms with Crippen molar-refractivity contribution in [1.82, 2.24) is 4.98 Å². The predicted octanol–water partition coefficient (Wildman–Crippen LogP) is 4.40. The molecule has 0 atom stereocenters. The van der Waals surface area contributed by atoms with Crippen LogP contribution in [-0.2, 0) is 0 Å². The van der Waals surface area contributed by atoms with Gasteiger partial charge in [0.2, 0.25) is 0 Å². The minimum atomic E-state index is -0.0521. The molecule has 0 N–H and O–H groups in total. The molecule has 3 aromatic rings. The number of benzene rings is 2. The maximum absolute atomic E-state index is 12.7. The molecule has 0 aliphatic heterocycles. The molecule has 4 nitrogen and oxygen atoms in total. The monoisotopic (exact) mass is 338 g/mol. The molecule has 0 radical (unpaired) electrons. The van der Waals surface area contributed by atoms with Crippen LogP contribution in [0, 0.1) is 6.92 Å². The average molecular weight is 338 g/mol. The van der Waals surface area contributed by atoms with Crippen LogP contribution in [0.5, 0.6) is 5.75 Å². The lowest BCUT2D eigenvalue weighted by molar-refractivity contribution is 0.0992. The van der Waals surface area contributed by atoms with Crippen molar-refractivity contribution in [3.05, 3.63) is 65.0 Å². The third kappa shape index (κ3) is 3.16. The molecule has 1 amide bonds. The molecule has 122 valence electrons. The van der Waals surface area contributed by atoms with Crippen LogP contribution in [-0.4, -0.2) is 25.0 Å². The summed E-state index contributed by atoms with van der Waals surface area (Å²) in [5.41, 5.74) is 3.50. The summed E-state index contributed by atoms with van der Waals surface area (Å²) in [6.07, 6.45) is 0. The Morgan fingerprint density at radius 1 is 1.12 bits per heavy atom. The number of hydrogen-bond acceptors (Lipinski definition) is 4. The SMILES string of the molecule is COc1ccc(-c2csc(N(C)C(=O)c3ccccc3C)n2)cc1. The Morgan fingerprint density at radius 2 is 1.83 bits per heavy atom. The number of aromatic nitrogens is 1. The maximum atomic E-state index is 12.7. The van der Waals surface area contributed by atoms with Crippen LogP contribution >= 0.6 is 11.3 Å². The third-order valence-electron chi connectivity index (χ3n) is 3.84. The van der Waals surface area contributed by atoms with Gasteiger partial charge in [0.1, 0.15) is 5.75 Å². The van der Waals surface area contributed by atoms with Crippen molar-refractivity contribution in [2.24, 2.45) is 0 Å². The molecule has 0 spiro atoms. The van der Waals surface area contributed by atoms with Gasteiger partial charge in [0.05, 0.1) is 12.8 Å². The normalized spacial score (nSPS) is 10.5. The van der Waals surface area contributed by atoms with Crippen LogP contribution in [0.15, 0.2) is 53.9 Å². The topological polar surface area (TPSA) is 42.4 Å². The zero-order valence-electron chi connectivity index (χ0n) is 13.8. The fraction of sp³-hybridized carbons (Fsp3) is 0.158. The van der Waals surface area contributed by atoms with Gasteiger partial charge in [-0.05, 0) is 42.8 Å². The second-order valence-electron chi connectivity index (χ2n) is 5.42. The molecule has 1 aromatic heterocycles. The van der Waals surface area contributed by atoms with Crippen LogP contribution < -0.4 is 9.64 Å². The summed E-state index contributed by atoms with van der Waals surface area (Å²) in [7, 11) is 3.40. The summed E-state index contributed by atoms with van der Waals surface area (Å²) >= 11 is 1.45. The smallest absolute Gasteiger partial charge is 0.260 e. The summed E-state index contributed by atoms with van der Waals surface area (Å²) in [5.74, 6) is 0.754. The zero-order valence-corrected chi connectivity index (χ0v) is 14.6. The van der Waals surface area contributed by atoms with E-state index >= 15 is 0 Å². The number of rotatable bonds is 4. The standard InChI is InChI=1S/C19H18N2O2S/c1-13-6-4-5-7-16(13)18(22)21(2)19-20-17(12-24-19)14-8-10-15(23-3)11-9-14/h4-12H,1-3H3. The lowest BCUT2D eigenvalue weighted by atomic mass is 10.1. The molecular weight excluding hydrogens is 320 g/mol. The molecule has 2 aromatic carbocycles. The zero-order chi connectivity index (χ0) is 17.1. The molecule has 0 aliphatic carbocycles. The number of hydrogen-bond donors (Lipinski definition) is 0. The summed E-state index contributed by atoms with van der Waals surface area (Å²) in [5, 5.41) is 2.63. The van der Waals surface area contributed by atoms with Crippen molar-refractivity contribution in [2.75, 3.05) is 19.1 Å². The van der Waals surface area contributed by atoms with E-state index in [0.717, 1.165) is 22.6 Å². The number of aryl methyl sites for hydroxylation is 1. The molecule has 0 aliphatic rings. The molecule has 0 fully saturated rings. The van der Waals surface area contributed by atoms with E-state index in [9.17, 15) is 4.79 Å². The first kappa shape index (κ1) is 16.2. The van der Waals surface area contributed by atoms with Crippen LogP contribution in [0.4, 0.5) is 5.13 Å². The van der Waals surface area contributed by atoms with Crippen molar-refractivity contribution < 1.29 is 9.53 Å². The third-order valence-corrected chi connectivity index (χ3v) is 4.76. The maximum Gasteiger partial charge on any atom is 0.260 e. The minimum absolute atomic E-state index is 0.0521. The van der Waals surface area contributed by atoms with Crippen molar-refractivity contribution in [2.45, 2.75) is 6.92 Å². The highest BCUT2D eigenvalue weighted by atomic mass is 32.1. The Morgan fingerprint density at radius 3 is 2.50 bits per heavy atom. The van der Waals surface area contributed by atoms with Gasteiger partial charge < -0.3 is 4.74 Å². The van der Waals surface area contributed by atoms with Crippen molar-refractivity contribution in [3.8, 4) is 17.0 Å². The fourth-order valence-corrected chi connectivity index (χ4v) is 3.19. The van der Waals surface area contributed by atoms with Gasteiger partial charge in [-0.25, -0.2) is 4.98 Å². The first-order chi connectivity index (χ1) is 11.6. The van der Waals surface area contributed by atoms with E-state index in [1.165, 1.54) is 11.3 Å². The molecule has 1 heterocycles. The number of carbonyl (C=O) groups is 1. The first-order valence-electron chi connectivity index (χ1n) is 7.54. The van der Waals surface area contributed by atoms with Gasteiger partial charge in [-0.15, -0.1) is 11.3 Å². The molecule has 5 heteroatoms. The van der Waals surface area contributed by atoms with E-state index in [1.807, 2.05) is 60.8 Å². The van der Waals surface area contributed by atoms with Crippen molar-refractivity contribution in [1.29, 1.82) is 0 Å². The highest BCUT2D eigenvalue weighted by Crippen LogP contribution is 2.29. The molecular formula is C19H18N2O2S. The summed E-state index contributed by atoms with van der Waals surface area (Å²) in [6, 6.07) is 15.3. The number of methoxy groups -OCH3 is 1. The van der Waals surface area contributed by atoms with E-state index in [0.29, 0.717) is 10.7 Å². The van der Waals surface area contributed by atoms with E-state index < -0.39 is 0 Å². The van der Waals surface area contributed by atoms with Crippen LogP contribution in [0.3, 0.4) is 0 Å². The summed E-state index contributed by atoms with van der Waals surface area (Å²) in [4.78, 5) is 18.9. The molecule has 0 unspecified atom stereocenters. The number of thiazole rings is 1. The second kappa shape index (κ2) is 6.84. The van der Waals surface area contributed by atoms with E-state index in [1.54, 1.807) is 19.1 Å². The first-order valence-corrected chi connectivity index (χ1v) is 8.42. The van der Waals surface area contributed by atoms with Crippen LogP contribution in [0.1, 0.15) is 15.9 Å². The van der Waals surface area contributed by atoms with E-state index in [2.05, 4.69) is 4.98 Å². The highest BCUT2D eigenvalue weighted by molar-refractivity contribution is 7.14. The Hall–Kier alpha value is -2.66. The van der Waals surface area contributed by atoms with Gasteiger partial charge >= 0.3 is 0 Å². The number of ether oxygens (including phenoxy) is 1. The van der Waals surface area contributed by atoms with Gasteiger partial charge in [-0.3, -0.25) is 9.69 Å². The summed E-state index contributed by atoms with van der Waals surface area (Å²) in [6.45, 7) is 1.94. The largest absolute Gasteiger partial charge is 0.497 e. The van der Waals surface area contributed by atoms with Crippen molar-refractivity contribution in [3.63, 3.8) is 0 Å². The number of carbonyl (C=O) groups excluding carboxylic acids is 1. The number of anilines is 1. The number of nitrogens with zero attached hydrogens (tertiary/aromatic N) is 2. The quantitative estimate of drug-likeness (QED) is 0.708. The van der Waals surface area contributed by atoms with Gasteiger partial charge in [-0.1, -0.05) is 18.2 Å². The Bertz CT molecular complexity index is 856. The van der Waals surface area contributed by atoms with Gasteiger partial charge in [-0.2, -0.15) is 0 Å². The summed E-state index contributed by atoms with van der Waals surface area (Å²) < 4.78 is 5.17. The van der Waals surface area contributed by atoms with E-state index in [-0.39, 0.29) is 5.91 Å². The molecule has 0 saturated heterocycles. The minimum Gasteiger partial charge on any atom is -0.497 e. The van der Waals surface area contributed by atoms with Crippen molar-refractivity contribution >= 4 is 22.4 Å². The van der Waals surface area contributed by atoms with Crippen LogP contribution in [0.2, 0.25) is 0 Å². The Labute approximate surface area is 145 Å². The Balaban J connectivity index is 1.84. The van der Waals surface area contributed by atoms with Gasteiger partial charge in [0, 0.05) is 23.6 Å². The molecule has 3 rings (SSSR count). The Kier molecular flexibility index (Phi) is 4.62. The lowest BCUT2D eigenvalue weighted by Crippen LogP contribution is -2.26. The average Bonchev–Trinajstić information content (AvgIpc) is 3.11. The number of amides is 1. The predicted molar refractivity (Wildman–Crippen MR) is 98.0 cm³/mol.